The normalized spacial score (nSPS) is 10.9. The van der Waals surface area contributed by atoms with Crippen LogP contribution in [-0.4, -0.2) is 69.7 Å². The summed E-state index contributed by atoms with van der Waals surface area (Å²) in [4.78, 5) is 15.9. The number of nitrogens with two attached hydrogens (primary N) is 1. The quantitative estimate of drug-likeness (QED) is 0.595. The highest BCUT2D eigenvalue weighted by Gasteiger charge is 2.12. The second-order valence-electron chi connectivity index (χ2n) is 4.42. The highest BCUT2D eigenvalue weighted by Crippen LogP contribution is 2.00. The lowest BCUT2D eigenvalue weighted by molar-refractivity contribution is -0.132. The van der Waals surface area contributed by atoms with E-state index in [9.17, 15) is 4.79 Å². The molecular weight excluding hydrogens is 218 g/mol. The van der Waals surface area contributed by atoms with Crippen molar-refractivity contribution < 1.29 is 9.53 Å². The van der Waals surface area contributed by atoms with Crippen LogP contribution in [0.2, 0.25) is 0 Å². The number of amides is 1. The van der Waals surface area contributed by atoms with Crippen molar-refractivity contribution in [2.45, 2.75) is 19.3 Å². The monoisotopic (exact) mass is 245 g/mol. The van der Waals surface area contributed by atoms with E-state index in [2.05, 4.69) is 4.90 Å². The van der Waals surface area contributed by atoms with Gasteiger partial charge in [-0.1, -0.05) is 0 Å². The molecule has 0 fully saturated rings. The molecule has 0 atom stereocenters. The van der Waals surface area contributed by atoms with Gasteiger partial charge in [-0.05, 0) is 40.0 Å². The van der Waals surface area contributed by atoms with Gasteiger partial charge >= 0.3 is 0 Å². The fourth-order valence-electron chi connectivity index (χ4n) is 1.55. The largest absolute Gasteiger partial charge is 0.383 e. The van der Waals surface area contributed by atoms with Crippen LogP contribution in [0.5, 0.6) is 0 Å². The van der Waals surface area contributed by atoms with Crippen molar-refractivity contribution in [1.82, 2.24) is 9.80 Å². The molecule has 0 rings (SSSR count). The van der Waals surface area contributed by atoms with Crippen molar-refractivity contribution in [2.24, 2.45) is 5.73 Å². The Balaban J connectivity index is 3.98. The third-order valence-electron chi connectivity index (χ3n) is 2.55. The SMILES string of the molecule is COCCN(CCCN(C)C)C(=O)CCCN. The summed E-state index contributed by atoms with van der Waals surface area (Å²) in [6, 6.07) is 0. The minimum Gasteiger partial charge on any atom is -0.383 e. The summed E-state index contributed by atoms with van der Waals surface area (Å²) in [5.41, 5.74) is 5.41. The molecule has 0 radical (unpaired) electrons. The Hall–Kier alpha value is -0.650. The zero-order valence-corrected chi connectivity index (χ0v) is 11.4. The number of nitrogens with zero attached hydrogens (tertiary/aromatic N) is 2. The molecule has 0 aliphatic heterocycles. The zero-order chi connectivity index (χ0) is 13.1. The summed E-state index contributed by atoms with van der Waals surface area (Å²) in [7, 11) is 5.73. The van der Waals surface area contributed by atoms with Gasteiger partial charge in [0.05, 0.1) is 6.61 Å². The van der Waals surface area contributed by atoms with E-state index in [1.54, 1.807) is 7.11 Å². The molecule has 102 valence electrons. The summed E-state index contributed by atoms with van der Waals surface area (Å²) in [6.07, 6.45) is 2.29. The van der Waals surface area contributed by atoms with Gasteiger partial charge in [0.25, 0.3) is 0 Å². The van der Waals surface area contributed by atoms with Gasteiger partial charge in [0.15, 0.2) is 0 Å². The first-order chi connectivity index (χ1) is 8.11. The smallest absolute Gasteiger partial charge is 0.222 e. The predicted octanol–water partition coefficient (Wildman–Crippen LogP) is 0.152. The lowest BCUT2D eigenvalue weighted by atomic mass is 10.2. The summed E-state index contributed by atoms with van der Waals surface area (Å²) in [5.74, 6) is 0.186. The van der Waals surface area contributed by atoms with Crippen molar-refractivity contribution in [1.29, 1.82) is 0 Å². The number of carbonyl (C=O) groups excluding carboxylic acids is 1. The number of ether oxygens (including phenoxy) is 1. The molecule has 5 nitrogen and oxygen atoms in total. The van der Waals surface area contributed by atoms with Crippen LogP contribution < -0.4 is 5.73 Å². The standard InChI is InChI=1S/C12H27N3O2/c1-14(2)8-5-9-15(10-11-17-3)12(16)6-4-7-13/h4-11,13H2,1-3H3. The topological polar surface area (TPSA) is 58.8 Å². The van der Waals surface area contributed by atoms with E-state index in [0.717, 1.165) is 25.9 Å². The minimum atomic E-state index is 0.186. The first kappa shape index (κ1) is 16.4. The maximum absolute atomic E-state index is 11.9. The minimum absolute atomic E-state index is 0.186. The number of hydrogen-bond acceptors (Lipinski definition) is 4. The van der Waals surface area contributed by atoms with E-state index in [1.807, 2.05) is 19.0 Å². The van der Waals surface area contributed by atoms with Crippen molar-refractivity contribution >= 4 is 5.91 Å². The summed E-state index contributed by atoms with van der Waals surface area (Å²) in [5, 5.41) is 0. The van der Waals surface area contributed by atoms with Gasteiger partial charge in [0, 0.05) is 26.6 Å². The third-order valence-corrected chi connectivity index (χ3v) is 2.55. The maximum Gasteiger partial charge on any atom is 0.222 e. The number of hydrogen-bond donors (Lipinski definition) is 1. The van der Waals surface area contributed by atoms with Crippen LogP contribution >= 0.6 is 0 Å². The number of rotatable bonds is 10. The first-order valence-electron chi connectivity index (χ1n) is 6.23. The van der Waals surface area contributed by atoms with Crippen molar-refractivity contribution in [3.63, 3.8) is 0 Å². The molecule has 0 aliphatic rings. The lowest BCUT2D eigenvalue weighted by Crippen LogP contribution is -2.36. The van der Waals surface area contributed by atoms with Crippen molar-refractivity contribution in [3.05, 3.63) is 0 Å². The van der Waals surface area contributed by atoms with E-state index < -0.39 is 0 Å². The first-order valence-corrected chi connectivity index (χ1v) is 6.23. The van der Waals surface area contributed by atoms with Gasteiger partial charge in [-0.15, -0.1) is 0 Å². The van der Waals surface area contributed by atoms with Crippen LogP contribution in [-0.2, 0) is 9.53 Å². The third kappa shape index (κ3) is 9.09. The van der Waals surface area contributed by atoms with Crippen LogP contribution in [0.1, 0.15) is 19.3 Å². The highest BCUT2D eigenvalue weighted by atomic mass is 16.5. The summed E-state index contributed by atoms with van der Waals surface area (Å²) >= 11 is 0. The van der Waals surface area contributed by atoms with E-state index in [-0.39, 0.29) is 5.91 Å². The summed E-state index contributed by atoms with van der Waals surface area (Å²) < 4.78 is 5.03. The Bertz CT molecular complexity index is 198. The van der Waals surface area contributed by atoms with Crippen molar-refractivity contribution in [3.8, 4) is 0 Å². The Morgan fingerprint density at radius 2 is 1.88 bits per heavy atom. The lowest BCUT2D eigenvalue weighted by Gasteiger charge is -2.23. The van der Waals surface area contributed by atoms with Crippen molar-refractivity contribution in [2.75, 3.05) is 54.0 Å². The van der Waals surface area contributed by atoms with Gasteiger partial charge in [-0.3, -0.25) is 4.79 Å². The molecule has 0 aromatic carbocycles. The molecular formula is C12H27N3O2. The molecule has 0 aromatic heterocycles. The Labute approximate surface area is 105 Å². The van der Waals surface area contributed by atoms with Gasteiger partial charge in [-0.2, -0.15) is 0 Å². The fourth-order valence-corrected chi connectivity index (χ4v) is 1.55. The Kier molecular flexibility index (Phi) is 10.1. The van der Waals surface area contributed by atoms with Gasteiger partial charge in [0.2, 0.25) is 5.91 Å². The molecule has 0 saturated heterocycles. The number of carbonyl (C=O) groups is 1. The van der Waals surface area contributed by atoms with E-state index in [1.165, 1.54) is 0 Å². The van der Waals surface area contributed by atoms with Crippen LogP contribution in [0, 0.1) is 0 Å². The van der Waals surface area contributed by atoms with Crippen LogP contribution in [0.3, 0.4) is 0 Å². The maximum atomic E-state index is 11.9. The zero-order valence-electron chi connectivity index (χ0n) is 11.4. The molecule has 0 aliphatic carbocycles. The second-order valence-corrected chi connectivity index (χ2v) is 4.42. The molecule has 2 N–H and O–H groups in total. The van der Waals surface area contributed by atoms with Crippen LogP contribution in [0.4, 0.5) is 0 Å². The van der Waals surface area contributed by atoms with E-state index in [4.69, 9.17) is 10.5 Å². The Morgan fingerprint density at radius 1 is 1.18 bits per heavy atom. The Morgan fingerprint density at radius 3 is 2.41 bits per heavy atom. The average Bonchev–Trinajstić information content (AvgIpc) is 2.30. The highest BCUT2D eigenvalue weighted by molar-refractivity contribution is 5.76. The number of methoxy groups -OCH3 is 1. The van der Waals surface area contributed by atoms with E-state index in [0.29, 0.717) is 26.1 Å². The predicted molar refractivity (Wildman–Crippen MR) is 69.9 cm³/mol. The summed E-state index contributed by atoms with van der Waals surface area (Å²) in [6.45, 7) is 3.63. The fraction of sp³-hybridized carbons (Fsp3) is 0.917. The van der Waals surface area contributed by atoms with Crippen LogP contribution in [0.15, 0.2) is 0 Å². The molecule has 17 heavy (non-hydrogen) atoms. The van der Waals surface area contributed by atoms with Gasteiger partial charge in [0.1, 0.15) is 0 Å². The molecule has 0 heterocycles. The molecule has 0 saturated carbocycles. The molecule has 5 heteroatoms. The molecule has 1 amide bonds. The molecule has 0 unspecified atom stereocenters. The molecule has 0 aromatic rings. The van der Waals surface area contributed by atoms with E-state index >= 15 is 0 Å². The second kappa shape index (κ2) is 10.5. The average molecular weight is 245 g/mol. The van der Waals surface area contributed by atoms with Gasteiger partial charge in [-0.25, -0.2) is 0 Å². The molecule has 0 spiro atoms. The van der Waals surface area contributed by atoms with Crippen LogP contribution in [0.25, 0.3) is 0 Å². The van der Waals surface area contributed by atoms with Gasteiger partial charge < -0.3 is 20.3 Å². The molecule has 0 bridgehead atoms.